The second-order valence-corrected chi connectivity index (χ2v) is 7.19. The van der Waals surface area contributed by atoms with Gasteiger partial charge in [0.15, 0.2) is 5.16 Å². The average Bonchev–Trinajstić information content (AvgIpc) is 3.33. The number of amides is 1. The van der Waals surface area contributed by atoms with Gasteiger partial charge in [-0.3, -0.25) is 4.79 Å². The zero-order valence-corrected chi connectivity index (χ0v) is 15.7. The normalized spacial score (nSPS) is 11.0. The number of rotatable bonds is 6. The Labute approximate surface area is 161 Å². The Balaban J connectivity index is 1.34. The molecule has 0 bridgehead atoms. The lowest BCUT2D eigenvalue weighted by molar-refractivity contribution is -0.127. The molecule has 0 unspecified atom stereocenters. The van der Waals surface area contributed by atoms with Gasteiger partial charge in [0.1, 0.15) is 0 Å². The summed E-state index contributed by atoms with van der Waals surface area (Å²) in [5, 5.41) is 5.13. The van der Waals surface area contributed by atoms with Crippen LogP contribution in [0, 0.1) is 0 Å². The van der Waals surface area contributed by atoms with E-state index in [1.807, 2.05) is 65.5 Å². The minimum Gasteiger partial charge on any atom is -0.341 e. The number of nitrogens with one attached hydrogen (secondary N) is 1. The molecule has 0 spiro atoms. The summed E-state index contributed by atoms with van der Waals surface area (Å²) in [4.78, 5) is 21.9. The number of para-hydroxylation sites is 3. The van der Waals surface area contributed by atoms with E-state index in [9.17, 15) is 4.79 Å². The Hall–Kier alpha value is -3.06. The SMILES string of the molecule is CN(Cc1cnn(-c2ccccc2)c1)C(=O)CSc1nc2ccccc2[nH]1. The van der Waals surface area contributed by atoms with Crippen LogP contribution in [0.4, 0.5) is 0 Å². The lowest BCUT2D eigenvalue weighted by atomic mass is 10.3. The van der Waals surface area contributed by atoms with Crippen molar-refractivity contribution >= 4 is 28.7 Å². The minimum absolute atomic E-state index is 0.0490. The largest absolute Gasteiger partial charge is 0.341 e. The van der Waals surface area contributed by atoms with E-state index in [0.29, 0.717) is 12.3 Å². The fourth-order valence-electron chi connectivity index (χ4n) is 2.76. The van der Waals surface area contributed by atoms with Gasteiger partial charge in [-0.15, -0.1) is 0 Å². The molecule has 6 nitrogen and oxygen atoms in total. The van der Waals surface area contributed by atoms with Crippen molar-refractivity contribution in [2.75, 3.05) is 12.8 Å². The first-order chi connectivity index (χ1) is 13.2. The van der Waals surface area contributed by atoms with Gasteiger partial charge in [-0.1, -0.05) is 42.1 Å². The summed E-state index contributed by atoms with van der Waals surface area (Å²) in [6, 6.07) is 17.8. The molecule has 2 aromatic carbocycles. The maximum atomic E-state index is 12.4. The van der Waals surface area contributed by atoms with Crippen molar-refractivity contribution in [3.63, 3.8) is 0 Å². The molecule has 2 heterocycles. The van der Waals surface area contributed by atoms with Crippen LogP contribution in [0.15, 0.2) is 72.1 Å². The number of nitrogens with zero attached hydrogens (tertiary/aromatic N) is 4. The third-order valence-corrected chi connectivity index (χ3v) is 5.06. The summed E-state index contributed by atoms with van der Waals surface area (Å²) in [6.45, 7) is 0.520. The maximum Gasteiger partial charge on any atom is 0.233 e. The molecule has 0 aliphatic carbocycles. The van der Waals surface area contributed by atoms with Gasteiger partial charge in [-0.05, 0) is 24.3 Å². The molecule has 4 rings (SSSR count). The fraction of sp³-hybridized carbons (Fsp3) is 0.150. The predicted octanol–water partition coefficient (Wildman–Crippen LogP) is 3.50. The molecule has 0 atom stereocenters. The Kier molecular flexibility index (Phi) is 4.93. The summed E-state index contributed by atoms with van der Waals surface area (Å²) in [5.74, 6) is 0.385. The molecule has 0 aliphatic heterocycles. The van der Waals surface area contributed by atoms with E-state index < -0.39 is 0 Å². The Morgan fingerprint density at radius 1 is 1.15 bits per heavy atom. The lowest BCUT2D eigenvalue weighted by Crippen LogP contribution is -2.27. The molecule has 1 amide bonds. The Bertz CT molecular complexity index is 1020. The molecular formula is C20H19N5OS. The summed E-state index contributed by atoms with van der Waals surface area (Å²) in [7, 11) is 1.81. The molecule has 2 aromatic heterocycles. The fourth-order valence-corrected chi connectivity index (χ4v) is 3.59. The van der Waals surface area contributed by atoms with Crippen molar-refractivity contribution in [2.45, 2.75) is 11.7 Å². The molecule has 0 radical (unpaired) electrons. The van der Waals surface area contributed by atoms with Crippen molar-refractivity contribution < 1.29 is 4.79 Å². The zero-order valence-electron chi connectivity index (χ0n) is 14.9. The van der Waals surface area contributed by atoms with Crippen LogP contribution in [0.3, 0.4) is 0 Å². The van der Waals surface area contributed by atoms with E-state index in [2.05, 4.69) is 15.1 Å². The number of benzene rings is 2. The van der Waals surface area contributed by atoms with E-state index in [-0.39, 0.29) is 5.91 Å². The van der Waals surface area contributed by atoms with Crippen molar-refractivity contribution in [2.24, 2.45) is 0 Å². The van der Waals surface area contributed by atoms with Gasteiger partial charge in [-0.25, -0.2) is 9.67 Å². The first-order valence-electron chi connectivity index (χ1n) is 8.59. The maximum absolute atomic E-state index is 12.4. The van der Waals surface area contributed by atoms with Crippen LogP contribution < -0.4 is 0 Å². The average molecular weight is 377 g/mol. The number of hydrogen-bond acceptors (Lipinski definition) is 4. The molecule has 0 aliphatic rings. The van der Waals surface area contributed by atoms with E-state index in [1.165, 1.54) is 11.8 Å². The topological polar surface area (TPSA) is 66.8 Å². The molecule has 7 heteroatoms. The van der Waals surface area contributed by atoms with Gasteiger partial charge in [0.25, 0.3) is 0 Å². The monoisotopic (exact) mass is 377 g/mol. The minimum atomic E-state index is 0.0490. The van der Waals surface area contributed by atoms with Gasteiger partial charge < -0.3 is 9.88 Å². The van der Waals surface area contributed by atoms with Crippen LogP contribution in [-0.2, 0) is 11.3 Å². The number of H-pyrrole nitrogens is 1. The third-order valence-electron chi connectivity index (χ3n) is 4.20. The first-order valence-corrected chi connectivity index (χ1v) is 9.58. The molecule has 27 heavy (non-hydrogen) atoms. The number of aromatic amines is 1. The van der Waals surface area contributed by atoms with Crippen LogP contribution in [0.25, 0.3) is 16.7 Å². The molecule has 1 N–H and O–H groups in total. The highest BCUT2D eigenvalue weighted by Gasteiger charge is 2.13. The number of carbonyl (C=O) groups excluding carboxylic acids is 1. The molecule has 0 fully saturated rings. The van der Waals surface area contributed by atoms with E-state index in [0.717, 1.165) is 27.4 Å². The highest BCUT2D eigenvalue weighted by Crippen LogP contribution is 2.19. The van der Waals surface area contributed by atoms with E-state index in [4.69, 9.17) is 0 Å². The van der Waals surface area contributed by atoms with Gasteiger partial charge in [0.05, 0.1) is 28.7 Å². The number of hydrogen-bond donors (Lipinski definition) is 1. The van der Waals surface area contributed by atoms with Gasteiger partial charge in [0, 0.05) is 25.4 Å². The van der Waals surface area contributed by atoms with Crippen LogP contribution in [0.5, 0.6) is 0 Å². The van der Waals surface area contributed by atoms with Crippen LogP contribution in [0.1, 0.15) is 5.56 Å². The molecule has 0 saturated carbocycles. The quantitative estimate of drug-likeness (QED) is 0.522. The van der Waals surface area contributed by atoms with E-state index >= 15 is 0 Å². The number of aromatic nitrogens is 4. The Morgan fingerprint density at radius 2 is 1.93 bits per heavy atom. The van der Waals surface area contributed by atoms with Crippen molar-refractivity contribution in [3.8, 4) is 5.69 Å². The summed E-state index contributed by atoms with van der Waals surface area (Å²) >= 11 is 1.42. The molecule has 4 aromatic rings. The number of thioether (sulfide) groups is 1. The summed E-state index contributed by atoms with van der Waals surface area (Å²) in [6.07, 6.45) is 3.74. The first kappa shape index (κ1) is 17.4. The predicted molar refractivity (Wildman–Crippen MR) is 107 cm³/mol. The molecule has 0 saturated heterocycles. The van der Waals surface area contributed by atoms with Gasteiger partial charge >= 0.3 is 0 Å². The van der Waals surface area contributed by atoms with Gasteiger partial charge in [0.2, 0.25) is 5.91 Å². The van der Waals surface area contributed by atoms with Crippen molar-refractivity contribution in [1.29, 1.82) is 0 Å². The van der Waals surface area contributed by atoms with Crippen LogP contribution in [0.2, 0.25) is 0 Å². The zero-order chi connectivity index (χ0) is 18.6. The molecular weight excluding hydrogens is 358 g/mol. The number of fused-ring (bicyclic) bond motifs is 1. The van der Waals surface area contributed by atoms with Crippen LogP contribution in [-0.4, -0.2) is 43.4 Å². The smallest absolute Gasteiger partial charge is 0.233 e. The second-order valence-electron chi connectivity index (χ2n) is 6.23. The van der Waals surface area contributed by atoms with E-state index in [1.54, 1.807) is 18.1 Å². The summed E-state index contributed by atoms with van der Waals surface area (Å²) in [5.41, 5.74) is 3.88. The molecule has 136 valence electrons. The number of imidazole rings is 1. The van der Waals surface area contributed by atoms with Crippen LogP contribution >= 0.6 is 11.8 Å². The lowest BCUT2D eigenvalue weighted by Gasteiger charge is -2.15. The number of carbonyl (C=O) groups is 1. The second kappa shape index (κ2) is 7.67. The summed E-state index contributed by atoms with van der Waals surface area (Å²) < 4.78 is 1.82. The van der Waals surface area contributed by atoms with Crippen molar-refractivity contribution in [1.82, 2.24) is 24.6 Å². The van der Waals surface area contributed by atoms with Crippen molar-refractivity contribution in [3.05, 3.63) is 72.6 Å². The highest BCUT2D eigenvalue weighted by atomic mass is 32.2. The standard InChI is InChI=1S/C20H19N5OS/c1-24(12-15-11-21-25(13-15)16-7-3-2-4-8-16)19(26)14-27-20-22-17-9-5-6-10-18(17)23-20/h2-11,13H,12,14H2,1H3,(H,22,23). The third kappa shape index (κ3) is 4.03. The Morgan fingerprint density at radius 3 is 2.74 bits per heavy atom. The van der Waals surface area contributed by atoms with Gasteiger partial charge in [-0.2, -0.15) is 5.10 Å². The highest BCUT2D eigenvalue weighted by molar-refractivity contribution is 7.99.